The van der Waals surface area contributed by atoms with Crippen molar-refractivity contribution in [1.82, 2.24) is 36.9 Å². The Morgan fingerprint density at radius 3 is 2.18 bits per heavy atom. The Morgan fingerprint density at radius 1 is 0.777 bits per heavy atom. The first kappa shape index (κ1) is 83.5. The van der Waals surface area contributed by atoms with Crippen LogP contribution in [0.15, 0.2) is 101 Å². The number of thiazole rings is 1. The number of nitrogens with zero attached hydrogens (tertiary/aromatic N) is 1. The molecule has 12 rings (SSSR count). The number of thioether (sulfide) groups is 1. The highest BCUT2D eigenvalue weighted by molar-refractivity contribution is 8.01. The molecule has 8 bridgehead atoms. The molecule has 6 heterocycles. The van der Waals surface area contributed by atoms with Gasteiger partial charge in [-0.25, -0.2) is 9.78 Å². The van der Waals surface area contributed by atoms with Crippen molar-refractivity contribution in [2.24, 2.45) is 23.1 Å². The lowest BCUT2D eigenvalue weighted by atomic mass is 9.86. The van der Waals surface area contributed by atoms with Crippen molar-refractivity contribution in [3.8, 4) is 57.1 Å². The van der Waals surface area contributed by atoms with Gasteiger partial charge >= 0.3 is 5.97 Å². The lowest BCUT2D eigenvalue weighted by Gasteiger charge is -2.47. The molecule has 0 saturated carbocycles. The summed E-state index contributed by atoms with van der Waals surface area (Å²) in [6.45, 7) is 8.12. The summed E-state index contributed by atoms with van der Waals surface area (Å²) in [6.07, 6.45) is -17.3. The Balaban J connectivity index is 1.08. The number of likely N-dealkylation sites (N-methyl/N-ethyl adjacent to an activating group) is 1. The standard InChI is InChI=1S/C74H81Cl3N10O23S2/c1-27(2)15-42(81-6)67(99)86-56(69(101)82-41(65(79)97)24-51(78)91)58(92)31-8-12-45(38(76)17-31)106-47-19-33-20-48(62(47)110-72-63(109-52-25-74(5,80)64(96)29(4)105-52)61(95)60(94)49(108-72)26-111-73-83-40-21-34(75)10-14-50(40)112-73)107-46-13-9-32(18-39(46)77)59(93)57-70(102)85-55(71(103)104)37-22-35(88)23-44(90)53(37)36-16-30(7-11-43(36)89)54(68(100)87-57)84-66(98)28(33)3/h7-14,16-23,27-29,41-42,49,52,54-61,63-64,72,81,88-90,92-96H,15,24-26,80H2,1-6H3,(H2,78,91)(H2,79,97)(H,82,101)(H,84,98)(H,85,102)(H,86,99)(H,87,100)(H,103,104)/t28-,29?,41+,42+,49?,52?,54-,55-,56-,57?,58-,59-,60?,61?,63?,64?,72?,74?/m1/s1. The van der Waals surface area contributed by atoms with Gasteiger partial charge in [0, 0.05) is 45.5 Å². The van der Waals surface area contributed by atoms with Gasteiger partial charge in [0.15, 0.2) is 34.3 Å². The Bertz CT molecular complexity index is 4810. The number of primary amides is 2. The van der Waals surface area contributed by atoms with Crippen LogP contribution in [0.3, 0.4) is 0 Å². The van der Waals surface area contributed by atoms with Gasteiger partial charge < -0.3 is 123 Å². The lowest BCUT2D eigenvalue weighted by Crippen LogP contribution is -2.64. The first-order valence-electron chi connectivity index (χ1n) is 34.9. The molecule has 2 saturated heterocycles. The monoisotopic (exact) mass is 1650 g/mol. The van der Waals surface area contributed by atoms with Gasteiger partial charge in [0.2, 0.25) is 53.4 Å². The number of aliphatic carboxylic acids is 1. The molecule has 5 aliphatic rings. The van der Waals surface area contributed by atoms with Crippen LogP contribution in [-0.2, 0) is 52.6 Å². The van der Waals surface area contributed by atoms with E-state index < -0.39 is 208 Å². The second-order valence-corrected chi connectivity index (χ2v) is 31.7. The van der Waals surface area contributed by atoms with Crippen LogP contribution in [0.5, 0.6) is 46.0 Å². The number of halogens is 3. The molecule has 0 spiro atoms. The number of carbonyl (C=O) groups excluding carboxylic acids is 7. The highest BCUT2D eigenvalue weighted by atomic mass is 35.5. The van der Waals surface area contributed by atoms with Crippen LogP contribution in [-0.4, -0.2) is 190 Å². The van der Waals surface area contributed by atoms with Crippen molar-refractivity contribution in [3.05, 3.63) is 140 Å². The second-order valence-electron chi connectivity index (χ2n) is 28.1. The minimum atomic E-state index is -2.18. The molecule has 5 aliphatic heterocycles. The normalized spacial score (nSPS) is 25.6. The van der Waals surface area contributed by atoms with Gasteiger partial charge in [-0.05, 0) is 135 Å². The third-order valence-electron chi connectivity index (χ3n) is 19.3. The van der Waals surface area contributed by atoms with Gasteiger partial charge in [-0.1, -0.05) is 78.6 Å². The number of ether oxygens (including phenoxy) is 6. The lowest BCUT2D eigenvalue weighted by molar-refractivity contribution is -0.329. The number of fused-ring (bicyclic) bond motifs is 9. The maximum Gasteiger partial charge on any atom is 0.330 e. The molecule has 10 unspecified atom stereocenters. The molecule has 6 aromatic carbocycles. The number of phenols is 3. The molecule has 0 radical (unpaired) electrons. The summed E-state index contributed by atoms with van der Waals surface area (Å²) >= 11 is 23.1. The van der Waals surface area contributed by atoms with Crippen molar-refractivity contribution in [1.29, 1.82) is 0 Å². The minimum absolute atomic E-state index is 0.0644. The number of rotatable bonds is 22. The fourth-order valence-electron chi connectivity index (χ4n) is 13.3. The van der Waals surface area contributed by atoms with E-state index in [1.54, 1.807) is 25.1 Å². The van der Waals surface area contributed by atoms with E-state index in [4.69, 9.17) is 80.4 Å². The van der Waals surface area contributed by atoms with Crippen LogP contribution >= 0.6 is 57.9 Å². The zero-order valence-electron chi connectivity index (χ0n) is 60.3. The topological polar surface area (TPSA) is 537 Å². The number of aromatic nitrogens is 1. The first-order valence-corrected chi connectivity index (χ1v) is 37.8. The molecule has 7 amide bonds. The molecule has 7 aromatic rings. The summed E-state index contributed by atoms with van der Waals surface area (Å²) in [5, 5.41) is 120. The summed E-state index contributed by atoms with van der Waals surface area (Å²) in [5.41, 5.74) is 14.8. The quantitative estimate of drug-likeness (QED) is 0.0413. The molecule has 0 aliphatic carbocycles. The first-order chi connectivity index (χ1) is 52.9. The molecule has 38 heteroatoms. The number of carboxylic acid groups (broad SMARTS) is 1. The molecule has 18 atom stereocenters. The largest absolute Gasteiger partial charge is 0.508 e. The van der Waals surface area contributed by atoms with Crippen LogP contribution in [0.2, 0.25) is 15.1 Å². The summed E-state index contributed by atoms with van der Waals surface area (Å²) in [7, 11) is 1.50. The summed E-state index contributed by atoms with van der Waals surface area (Å²) in [6, 6.07) is 9.00. The molecule has 1 aromatic heterocycles. The maximum atomic E-state index is 15.4. The molecule has 598 valence electrons. The summed E-state index contributed by atoms with van der Waals surface area (Å²) < 4.78 is 41.0. The number of hydrogen-bond acceptors (Lipinski definition) is 27. The van der Waals surface area contributed by atoms with Gasteiger partial charge in [0.25, 0.3) is 0 Å². The summed E-state index contributed by atoms with van der Waals surface area (Å²) in [5.74, 6) is -15.4. The van der Waals surface area contributed by atoms with E-state index in [0.29, 0.717) is 14.9 Å². The number of hydrogen-bond donors (Lipinski definition) is 18. The van der Waals surface area contributed by atoms with Gasteiger partial charge in [0.05, 0.1) is 57.0 Å². The van der Waals surface area contributed by atoms with Crippen molar-refractivity contribution < 1.29 is 113 Å². The molecule has 112 heavy (non-hydrogen) atoms. The van der Waals surface area contributed by atoms with E-state index in [1.165, 1.54) is 74.7 Å². The molecular formula is C74H81Cl3N10O23S2. The van der Waals surface area contributed by atoms with Gasteiger partial charge in [0.1, 0.15) is 77.3 Å². The maximum absolute atomic E-state index is 15.4. The SMILES string of the molecule is CN[C@@H](CC(C)C)C(=O)N[C@@H](C(=O)N[C@@H](CC(N)=O)C(N)=O)[C@H](O)c1ccc(Oc2cc3cc(c2OC2OC(CSc4nc5cc(Cl)ccc5s4)C(O)C(O)C2OC2CC(C)(N)C(O)C(C)O2)Oc2ccc(cc2Cl)[C@@H](O)C2NC(=O)[C@H](NC(=O)[C@@H]3C)c3ccc(O)c(c3)-c3c(O)cc(O)cc3[C@H](C(=O)O)NC2=O)c(Cl)c1. The average Bonchev–Trinajstić information content (AvgIpc) is 0.845. The molecule has 33 nitrogen and oxygen atoms in total. The third-order valence-corrected chi connectivity index (χ3v) is 22.4. The van der Waals surface area contributed by atoms with Crippen LogP contribution in [0.25, 0.3) is 21.3 Å². The highest BCUT2D eigenvalue weighted by Gasteiger charge is 2.52. The number of carbonyl (C=O) groups is 8. The number of carboxylic acids is 1. The van der Waals surface area contributed by atoms with Crippen LogP contribution in [0, 0.1) is 5.92 Å². The van der Waals surface area contributed by atoms with Crippen LogP contribution in [0.4, 0.5) is 0 Å². The summed E-state index contributed by atoms with van der Waals surface area (Å²) in [4.78, 5) is 116. The molecule has 2 fully saturated rings. The Labute approximate surface area is 661 Å². The predicted octanol–water partition coefficient (Wildman–Crippen LogP) is 4.59. The number of nitrogens with two attached hydrogens (primary N) is 3. The van der Waals surface area contributed by atoms with Gasteiger partial charge in [-0.2, -0.15) is 0 Å². The molecular weight excluding hydrogens is 1570 g/mol. The number of benzene rings is 6. The Morgan fingerprint density at radius 2 is 1.51 bits per heavy atom. The number of nitrogens with one attached hydrogen (secondary N) is 6. The van der Waals surface area contributed by atoms with Gasteiger partial charge in [-0.3, -0.25) is 33.6 Å². The highest BCUT2D eigenvalue weighted by Crippen LogP contribution is 2.50. The smallest absolute Gasteiger partial charge is 0.330 e. The number of aliphatic hydroxyl groups excluding tert-OH is 5. The van der Waals surface area contributed by atoms with Gasteiger partial charge in [-0.15, -0.1) is 11.3 Å². The van der Waals surface area contributed by atoms with E-state index in [-0.39, 0.29) is 73.9 Å². The number of amides is 7. The van der Waals surface area contributed by atoms with Crippen LogP contribution in [0.1, 0.15) is 112 Å². The molecule has 21 N–H and O–H groups in total. The van der Waals surface area contributed by atoms with E-state index in [1.807, 2.05) is 13.8 Å². The van der Waals surface area contributed by atoms with E-state index in [2.05, 4.69) is 36.9 Å². The Hall–Kier alpha value is -9.41. The van der Waals surface area contributed by atoms with E-state index >= 15 is 9.59 Å². The van der Waals surface area contributed by atoms with Crippen molar-refractivity contribution in [2.45, 2.75) is 167 Å². The number of phenolic OH excluding ortho intramolecular Hbond substituents is 3. The zero-order chi connectivity index (χ0) is 81.4. The van der Waals surface area contributed by atoms with E-state index in [0.717, 1.165) is 52.9 Å². The van der Waals surface area contributed by atoms with Crippen LogP contribution < -0.4 is 63.3 Å². The van der Waals surface area contributed by atoms with E-state index in [9.17, 15) is 74.7 Å². The second kappa shape index (κ2) is 34.5. The average molecular weight is 1650 g/mol. The number of aromatic hydroxyl groups is 3. The number of aliphatic hydroxyl groups is 5. The fourth-order valence-corrected chi connectivity index (χ4v) is 16.1. The van der Waals surface area contributed by atoms with Crippen molar-refractivity contribution in [3.63, 3.8) is 0 Å². The van der Waals surface area contributed by atoms with Crippen molar-refractivity contribution >= 4 is 115 Å². The fraction of sp³-hybridized carbons (Fsp3) is 0.392. The Kier molecular flexibility index (Phi) is 25.7. The minimum Gasteiger partial charge on any atom is -0.508 e. The zero-order valence-corrected chi connectivity index (χ0v) is 64.2. The predicted molar refractivity (Wildman–Crippen MR) is 404 cm³/mol. The third kappa shape index (κ3) is 18.4. The van der Waals surface area contributed by atoms with Crippen molar-refractivity contribution in [2.75, 3.05) is 12.8 Å².